The lowest BCUT2D eigenvalue weighted by Crippen LogP contribution is -2.28. The number of aromatic nitrogens is 1. The van der Waals surface area contributed by atoms with Crippen molar-refractivity contribution in [1.82, 2.24) is 10.3 Å². The van der Waals surface area contributed by atoms with E-state index >= 15 is 0 Å². The van der Waals surface area contributed by atoms with Crippen molar-refractivity contribution in [2.45, 2.75) is 18.9 Å². The van der Waals surface area contributed by atoms with Gasteiger partial charge < -0.3 is 19.5 Å². The molecule has 1 fully saturated rings. The fourth-order valence-corrected chi connectivity index (χ4v) is 2.77. The molecule has 1 aromatic carbocycles. The molecule has 0 spiro atoms. The number of carbonyl (C=O) groups is 1. The highest BCUT2D eigenvalue weighted by Crippen LogP contribution is 2.25. The molecule has 0 atom stereocenters. The molecule has 2 aromatic rings. The molecule has 1 aliphatic rings. The third kappa shape index (κ3) is 5.80. The van der Waals surface area contributed by atoms with Crippen LogP contribution in [0.3, 0.4) is 0 Å². The van der Waals surface area contributed by atoms with E-state index in [-0.39, 0.29) is 36.0 Å². The van der Waals surface area contributed by atoms with Crippen LogP contribution in [0.4, 0.5) is 4.39 Å². The summed E-state index contributed by atoms with van der Waals surface area (Å²) in [5, 5.41) is 3.00. The summed E-state index contributed by atoms with van der Waals surface area (Å²) < 4.78 is 29.3. The molecule has 1 aromatic heterocycles. The van der Waals surface area contributed by atoms with Crippen LogP contribution in [-0.4, -0.2) is 43.4 Å². The van der Waals surface area contributed by atoms with Crippen molar-refractivity contribution in [3.63, 3.8) is 0 Å². The van der Waals surface area contributed by atoms with Gasteiger partial charge in [-0.25, -0.2) is 9.37 Å². The van der Waals surface area contributed by atoms with Gasteiger partial charge in [0, 0.05) is 19.0 Å². The first-order chi connectivity index (χ1) is 13.1. The van der Waals surface area contributed by atoms with Crippen molar-refractivity contribution in [1.29, 1.82) is 0 Å². The van der Waals surface area contributed by atoms with Gasteiger partial charge in [0.05, 0.1) is 25.3 Å². The lowest BCUT2D eigenvalue weighted by molar-refractivity contribution is 0.0238. The van der Waals surface area contributed by atoms with E-state index in [2.05, 4.69) is 10.3 Å². The Morgan fingerprint density at radius 2 is 2.04 bits per heavy atom. The summed E-state index contributed by atoms with van der Waals surface area (Å²) in [5.41, 5.74) is 0.334. The quantitative estimate of drug-likeness (QED) is 0.730. The van der Waals surface area contributed by atoms with Crippen molar-refractivity contribution >= 4 is 17.5 Å². The van der Waals surface area contributed by atoms with E-state index in [1.54, 1.807) is 0 Å². The van der Waals surface area contributed by atoms with Gasteiger partial charge in [-0.15, -0.1) is 0 Å². The normalized spacial score (nSPS) is 14.6. The van der Waals surface area contributed by atoms with Crippen LogP contribution in [0.25, 0.3) is 0 Å². The molecule has 0 radical (unpaired) electrons. The first-order valence-electron chi connectivity index (χ1n) is 8.68. The molecule has 1 N–H and O–H groups in total. The standard InChI is InChI=1S/C19H20ClFN2O4/c20-17-11-13(12-23-19(17)27-16-5-8-25-9-6-16)18(24)22-7-10-26-15-3-1-14(21)2-4-15/h1-4,11-12,16H,5-10H2,(H,22,24). The van der Waals surface area contributed by atoms with E-state index < -0.39 is 0 Å². The van der Waals surface area contributed by atoms with Gasteiger partial charge >= 0.3 is 0 Å². The Morgan fingerprint density at radius 1 is 1.30 bits per heavy atom. The highest BCUT2D eigenvalue weighted by molar-refractivity contribution is 6.32. The average molecular weight is 395 g/mol. The van der Waals surface area contributed by atoms with Crippen molar-refractivity contribution in [2.24, 2.45) is 0 Å². The van der Waals surface area contributed by atoms with Gasteiger partial charge in [0.1, 0.15) is 29.3 Å². The Balaban J connectivity index is 1.46. The van der Waals surface area contributed by atoms with Gasteiger partial charge in [-0.3, -0.25) is 4.79 Å². The first kappa shape index (κ1) is 19.4. The molecule has 1 aliphatic heterocycles. The maximum atomic E-state index is 12.8. The second-order valence-electron chi connectivity index (χ2n) is 6.00. The number of hydrogen-bond acceptors (Lipinski definition) is 5. The minimum atomic E-state index is -0.329. The predicted molar refractivity (Wildman–Crippen MR) is 97.9 cm³/mol. The zero-order chi connectivity index (χ0) is 19.1. The maximum Gasteiger partial charge on any atom is 0.253 e. The van der Waals surface area contributed by atoms with Crippen LogP contribution in [0.15, 0.2) is 36.5 Å². The lowest BCUT2D eigenvalue weighted by atomic mass is 10.1. The number of carbonyl (C=O) groups excluding carboxylic acids is 1. The molecule has 1 amide bonds. The predicted octanol–water partition coefficient (Wildman–Crippen LogP) is 3.24. The van der Waals surface area contributed by atoms with Crippen LogP contribution >= 0.6 is 11.6 Å². The van der Waals surface area contributed by atoms with Gasteiger partial charge in [-0.1, -0.05) is 11.6 Å². The Kier molecular flexibility index (Phi) is 6.84. The summed E-state index contributed by atoms with van der Waals surface area (Å²) in [6, 6.07) is 7.20. The van der Waals surface area contributed by atoms with Gasteiger partial charge in [0.25, 0.3) is 5.91 Å². The number of ether oxygens (including phenoxy) is 3. The topological polar surface area (TPSA) is 69.7 Å². The third-order valence-electron chi connectivity index (χ3n) is 3.99. The summed E-state index contributed by atoms with van der Waals surface area (Å²) in [4.78, 5) is 16.3. The molecule has 144 valence electrons. The van der Waals surface area contributed by atoms with Crippen LogP contribution in [0.1, 0.15) is 23.2 Å². The van der Waals surface area contributed by atoms with E-state index in [0.29, 0.717) is 30.4 Å². The first-order valence-corrected chi connectivity index (χ1v) is 9.06. The molecular formula is C19H20ClFN2O4. The summed E-state index contributed by atoms with van der Waals surface area (Å²) in [7, 11) is 0. The lowest BCUT2D eigenvalue weighted by Gasteiger charge is -2.23. The number of hydrogen-bond donors (Lipinski definition) is 1. The van der Waals surface area contributed by atoms with Crippen LogP contribution in [0.5, 0.6) is 11.6 Å². The molecule has 3 rings (SSSR count). The molecule has 0 unspecified atom stereocenters. The number of amides is 1. The summed E-state index contributed by atoms with van der Waals surface area (Å²) in [6.07, 6.45) is 3.02. The Labute approximate surface area is 161 Å². The van der Waals surface area contributed by atoms with Crippen LogP contribution in [-0.2, 0) is 4.74 Å². The van der Waals surface area contributed by atoms with E-state index in [9.17, 15) is 9.18 Å². The maximum absolute atomic E-state index is 12.8. The summed E-state index contributed by atoms with van der Waals surface area (Å²) in [6.45, 7) is 1.85. The molecule has 0 bridgehead atoms. The van der Waals surface area contributed by atoms with Gasteiger partial charge in [-0.05, 0) is 30.3 Å². The van der Waals surface area contributed by atoms with E-state index in [1.807, 2.05) is 0 Å². The van der Waals surface area contributed by atoms with Gasteiger partial charge in [0.15, 0.2) is 0 Å². The fraction of sp³-hybridized carbons (Fsp3) is 0.368. The van der Waals surface area contributed by atoms with Crippen LogP contribution < -0.4 is 14.8 Å². The SMILES string of the molecule is O=C(NCCOc1ccc(F)cc1)c1cnc(OC2CCOCC2)c(Cl)c1. The third-order valence-corrected chi connectivity index (χ3v) is 4.26. The monoisotopic (exact) mass is 394 g/mol. The smallest absolute Gasteiger partial charge is 0.253 e. The number of nitrogens with one attached hydrogen (secondary N) is 1. The van der Waals surface area contributed by atoms with E-state index in [1.165, 1.54) is 36.5 Å². The average Bonchev–Trinajstić information content (AvgIpc) is 2.69. The van der Waals surface area contributed by atoms with E-state index in [0.717, 1.165) is 12.8 Å². The number of pyridine rings is 1. The Hall–Kier alpha value is -2.38. The molecular weight excluding hydrogens is 375 g/mol. The summed E-state index contributed by atoms with van der Waals surface area (Å²) in [5.74, 6) is 0.207. The minimum absolute atomic E-state index is 0.0204. The zero-order valence-corrected chi connectivity index (χ0v) is 15.4. The minimum Gasteiger partial charge on any atom is -0.492 e. The van der Waals surface area contributed by atoms with Crippen molar-refractivity contribution in [3.8, 4) is 11.6 Å². The van der Waals surface area contributed by atoms with Gasteiger partial charge in [-0.2, -0.15) is 0 Å². The van der Waals surface area contributed by atoms with Crippen molar-refractivity contribution in [3.05, 3.63) is 52.9 Å². The number of benzene rings is 1. The second-order valence-corrected chi connectivity index (χ2v) is 6.41. The Morgan fingerprint density at radius 3 is 2.74 bits per heavy atom. The highest BCUT2D eigenvalue weighted by Gasteiger charge is 2.18. The highest BCUT2D eigenvalue weighted by atomic mass is 35.5. The number of rotatable bonds is 7. The van der Waals surface area contributed by atoms with Crippen LogP contribution in [0.2, 0.25) is 5.02 Å². The molecule has 2 heterocycles. The largest absolute Gasteiger partial charge is 0.492 e. The fourth-order valence-electron chi connectivity index (χ4n) is 2.55. The van der Waals surface area contributed by atoms with Crippen LogP contribution in [0, 0.1) is 5.82 Å². The van der Waals surface area contributed by atoms with Crippen molar-refractivity contribution in [2.75, 3.05) is 26.4 Å². The Bertz CT molecular complexity index is 767. The molecule has 6 nitrogen and oxygen atoms in total. The van der Waals surface area contributed by atoms with Crippen molar-refractivity contribution < 1.29 is 23.4 Å². The number of nitrogens with zero attached hydrogens (tertiary/aromatic N) is 1. The molecule has 1 saturated heterocycles. The summed E-state index contributed by atoms with van der Waals surface area (Å²) >= 11 is 6.19. The van der Waals surface area contributed by atoms with Gasteiger partial charge in [0.2, 0.25) is 5.88 Å². The molecule has 0 saturated carbocycles. The zero-order valence-electron chi connectivity index (χ0n) is 14.6. The molecule has 8 heteroatoms. The molecule has 27 heavy (non-hydrogen) atoms. The molecule has 0 aliphatic carbocycles. The second kappa shape index (κ2) is 9.53. The van der Waals surface area contributed by atoms with E-state index in [4.69, 9.17) is 25.8 Å². The number of halogens is 2.